The van der Waals surface area contributed by atoms with Crippen molar-refractivity contribution in [2.45, 2.75) is 25.3 Å². The van der Waals surface area contributed by atoms with Gasteiger partial charge >= 0.3 is 6.03 Å². The molecule has 0 saturated carbocycles. The largest absolute Gasteiger partial charge is 0.335 e. The molecule has 27 heavy (non-hydrogen) atoms. The van der Waals surface area contributed by atoms with Crippen LogP contribution in [0.5, 0.6) is 0 Å². The summed E-state index contributed by atoms with van der Waals surface area (Å²) < 4.78 is 0. The Morgan fingerprint density at radius 1 is 1.07 bits per heavy atom. The first-order chi connectivity index (χ1) is 13.1. The molecule has 7 heteroatoms. The van der Waals surface area contributed by atoms with Crippen LogP contribution in [0.25, 0.3) is 0 Å². The molecular formula is C20H24N4O3. The molecule has 0 aliphatic carbocycles. The number of rotatable bonds is 6. The third-order valence-corrected chi connectivity index (χ3v) is 4.82. The van der Waals surface area contributed by atoms with Crippen molar-refractivity contribution in [3.63, 3.8) is 0 Å². The van der Waals surface area contributed by atoms with Crippen LogP contribution < -0.4 is 10.6 Å². The number of para-hydroxylation sites is 1. The summed E-state index contributed by atoms with van der Waals surface area (Å²) in [7, 11) is 0. The highest BCUT2D eigenvalue weighted by molar-refractivity contribution is 5.89. The molecule has 0 aromatic heterocycles. The van der Waals surface area contributed by atoms with Gasteiger partial charge in [0.05, 0.1) is 4.92 Å². The highest BCUT2D eigenvalue weighted by Gasteiger charge is 2.20. The number of benzene rings is 2. The number of nitrogens with zero attached hydrogens (tertiary/aromatic N) is 2. The van der Waals surface area contributed by atoms with Crippen LogP contribution in [0, 0.1) is 10.1 Å². The number of carbonyl (C=O) groups excluding carboxylic acids is 1. The Morgan fingerprint density at radius 2 is 1.74 bits per heavy atom. The molecule has 1 saturated heterocycles. The van der Waals surface area contributed by atoms with Gasteiger partial charge in [0, 0.05) is 43.5 Å². The van der Waals surface area contributed by atoms with Crippen LogP contribution in [0.4, 0.5) is 16.2 Å². The van der Waals surface area contributed by atoms with E-state index >= 15 is 0 Å². The second kappa shape index (κ2) is 9.14. The van der Waals surface area contributed by atoms with E-state index in [2.05, 4.69) is 15.5 Å². The number of nitrogens with one attached hydrogen (secondary N) is 2. The molecule has 0 atom stereocenters. The average molecular weight is 368 g/mol. The van der Waals surface area contributed by atoms with Crippen molar-refractivity contribution < 1.29 is 9.72 Å². The number of nitro benzene ring substituents is 1. The van der Waals surface area contributed by atoms with Gasteiger partial charge in [0.15, 0.2) is 0 Å². The van der Waals surface area contributed by atoms with Gasteiger partial charge in [-0.2, -0.15) is 0 Å². The summed E-state index contributed by atoms with van der Waals surface area (Å²) in [5.74, 6) is 0. The number of non-ortho nitro benzene ring substituents is 1. The van der Waals surface area contributed by atoms with E-state index < -0.39 is 0 Å². The lowest BCUT2D eigenvalue weighted by molar-refractivity contribution is -0.384. The zero-order valence-electron chi connectivity index (χ0n) is 15.1. The summed E-state index contributed by atoms with van der Waals surface area (Å²) in [4.78, 5) is 24.7. The molecule has 2 amide bonds. The molecular weight excluding hydrogens is 344 g/mol. The minimum Gasteiger partial charge on any atom is -0.335 e. The number of anilines is 1. The smallest absolute Gasteiger partial charge is 0.319 e. The Bertz CT molecular complexity index is 757. The van der Waals surface area contributed by atoms with Gasteiger partial charge in [-0.05, 0) is 37.0 Å². The maximum atomic E-state index is 12.1. The zero-order valence-corrected chi connectivity index (χ0v) is 15.1. The SMILES string of the molecule is O=C(Nc1ccccc1)NC1CCN(CCc2ccc([N+](=O)[O-])cc2)CC1. The van der Waals surface area contributed by atoms with Crippen molar-refractivity contribution in [2.24, 2.45) is 0 Å². The normalized spacial score (nSPS) is 15.3. The Labute approximate surface area is 158 Å². The van der Waals surface area contributed by atoms with Crippen LogP contribution in [0.1, 0.15) is 18.4 Å². The van der Waals surface area contributed by atoms with Gasteiger partial charge in [0.1, 0.15) is 0 Å². The molecule has 0 radical (unpaired) electrons. The van der Waals surface area contributed by atoms with Crippen molar-refractivity contribution >= 4 is 17.4 Å². The number of amides is 2. The van der Waals surface area contributed by atoms with Gasteiger partial charge in [-0.25, -0.2) is 4.79 Å². The lowest BCUT2D eigenvalue weighted by Gasteiger charge is -2.32. The highest BCUT2D eigenvalue weighted by atomic mass is 16.6. The molecule has 3 rings (SSSR count). The maximum Gasteiger partial charge on any atom is 0.319 e. The van der Waals surface area contributed by atoms with Crippen LogP contribution in [-0.4, -0.2) is 41.5 Å². The van der Waals surface area contributed by atoms with E-state index in [1.54, 1.807) is 12.1 Å². The van der Waals surface area contributed by atoms with Crippen molar-refractivity contribution in [1.29, 1.82) is 0 Å². The monoisotopic (exact) mass is 368 g/mol. The molecule has 2 aromatic carbocycles. The Balaban J connectivity index is 1.37. The lowest BCUT2D eigenvalue weighted by Crippen LogP contribution is -2.46. The average Bonchev–Trinajstić information content (AvgIpc) is 2.68. The summed E-state index contributed by atoms with van der Waals surface area (Å²) in [5.41, 5.74) is 2.01. The molecule has 1 aliphatic heterocycles. The van der Waals surface area contributed by atoms with Gasteiger partial charge in [-0.3, -0.25) is 10.1 Å². The summed E-state index contributed by atoms with van der Waals surface area (Å²) in [6.07, 6.45) is 2.70. The molecule has 1 aliphatic rings. The van der Waals surface area contributed by atoms with Crippen molar-refractivity contribution in [3.05, 3.63) is 70.3 Å². The van der Waals surface area contributed by atoms with Crippen LogP contribution in [0.3, 0.4) is 0 Å². The Kier molecular flexibility index (Phi) is 6.38. The van der Waals surface area contributed by atoms with E-state index in [0.29, 0.717) is 0 Å². The zero-order chi connectivity index (χ0) is 19.1. The topological polar surface area (TPSA) is 87.5 Å². The quantitative estimate of drug-likeness (QED) is 0.604. The molecule has 1 heterocycles. The first-order valence-corrected chi connectivity index (χ1v) is 9.18. The first kappa shape index (κ1) is 18.8. The predicted molar refractivity (Wildman–Crippen MR) is 105 cm³/mol. The minimum atomic E-state index is -0.379. The molecule has 142 valence electrons. The van der Waals surface area contributed by atoms with Gasteiger partial charge in [0.2, 0.25) is 0 Å². The number of nitro groups is 1. The Morgan fingerprint density at radius 3 is 2.37 bits per heavy atom. The van der Waals surface area contributed by atoms with Gasteiger partial charge in [0.25, 0.3) is 5.69 Å². The van der Waals surface area contributed by atoms with Crippen LogP contribution >= 0.6 is 0 Å². The van der Waals surface area contributed by atoms with E-state index in [-0.39, 0.29) is 22.7 Å². The molecule has 0 spiro atoms. The molecule has 1 fully saturated rings. The first-order valence-electron chi connectivity index (χ1n) is 9.18. The number of hydrogen-bond acceptors (Lipinski definition) is 4. The number of carbonyl (C=O) groups is 1. The summed E-state index contributed by atoms with van der Waals surface area (Å²) in [5, 5.41) is 16.6. The van der Waals surface area contributed by atoms with Gasteiger partial charge < -0.3 is 15.5 Å². The van der Waals surface area contributed by atoms with E-state index in [9.17, 15) is 14.9 Å². The summed E-state index contributed by atoms with van der Waals surface area (Å²) in [6, 6.07) is 16.2. The second-order valence-electron chi connectivity index (χ2n) is 6.75. The number of likely N-dealkylation sites (tertiary alicyclic amines) is 1. The van der Waals surface area contributed by atoms with E-state index in [1.165, 1.54) is 0 Å². The van der Waals surface area contributed by atoms with Crippen molar-refractivity contribution in [1.82, 2.24) is 10.2 Å². The molecule has 7 nitrogen and oxygen atoms in total. The van der Waals surface area contributed by atoms with Crippen LogP contribution in [-0.2, 0) is 6.42 Å². The fourth-order valence-electron chi connectivity index (χ4n) is 3.25. The van der Waals surface area contributed by atoms with E-state index in [1.807, 2.05) is 42.5 Å². The van der Waals surface area contributed by atoms with E-state index in [0.717, 1.165) is 50.1 Å². The van der Waals surface area contributed by atoms with Gasteiger partial charge in [-0.15, -0.1) is 0 Å². The minimum absolute atomic E-state index is 0.124. The standard InChI is InChI=1S/C20H24N4O3/c25-20(21-17-4-2-1-3-5-17)22-18-11-14-23(15-12-18)13-10-16-6-8-19(9-7-16)24(26)27/h1-9,18H,10-15H2,(H2,21,22,25). The van der Waals surface area contributed by atoms with Gasteiger partial charge in [-0.1, -0.05) is 30.3 Å². The second-order valence-corrected chi connectivity index (χ2v) is 6.75. The fraction of sp³-hybridized carbons (Fsp3) is 0.350. The predicted octanol–water partition coefficient (Wildman–Crippen LogP) is 3.42. The number of urea groups is 1. The lowest BCUT2D eigenvalue weighted by atomic mass is 10.0. The third-order valence-electron chi connectivity index (χ3n) is 4.82. The number of hydrogen-bond donors (Lipinski definition) is 2. The van der Waals surface area contributed by atoms with Crippen LogP contribution in [0.15, 0.2) is 54.6 Å². The molecule has 2 N–H and O–H groups in total. The molecule has 0 unspecified atom stereocenters. The Hall–Kier alpha value is -2.93. The summed E-state index contributed by atoms with van der Waals surface area (Å²) >= 11 is 0. The van der Waals surface area contributed by atoms with Crippen molar-refractivity contribution in [3.8, 4) is 0 Å². The van der Waals surface area contributed by atoms with E-state index in [4.69, 9.17) is 0 Å². The number of piperidine rings is 1. The maximum absolute atomic E-state index is 12.1. The summed E-state index contributed by atoms with van der Waals surface area (Å²) in [6.45, 7) is 2.78. The highest BCUT2D eigenvalue weighted by Crippen LogP contribution is 2.15. The molecule has 2 aromatic rings. The third kappa shape index (κ3) is 5.79. The van der Waals surface area contributed by atoms with Crippen LogP contribution in [0.2, 0.25) is 0 Å². The molecule has 0 bridgehead atoms. The van der Waals surface area contributed by atoms with Crippen molar-refractivity contribution in [2.75, 3.05) is 25.0 Å². The fourth-order valence-corrected chi connectivity index (χ4v) is 3.25.